The Labute approximate surface area is 160 Å². The van der Waals surface area contributed by atoms with E-state index in [1.807, 2.05) is 6.92 Å². The van der Waals surface area contributed by atoms with E-state index in [2.05, 4.69) is 14.9 Å². The first-order valence-corrected chi connectivity index (χ1v) is 11.8. The number of likely N-dealkylation sites (N-methyl/N-ethyl adjacent to an activating group) is 1. The van der Waals surface area contributed by atoms with Crippen LogP contribution in [0.15, 0.2) is 29.2 Å². The van der Waals surface area contributed by atoms with Crippen molar-refractivity contribution in [2.45, 2.75) is 18.7 Å². The molecule has 0 saturated carbocycles. The van der Waals surface area contributed by atoms with E-state index in [1.54, 1.807) is 0 Å². The zero-order chi connectivity index (χ0) is 20.1. The van der Waals surface area contributed by atoms with Gasteiger partial charge in [0.15, 0.2) is 0 Å². The highest BCUT2D eigenvalue weighted by molar-refractivity contribution is 7.90. The SMILES string of the molecule is CCN1CCN(S(=O)(=O)CCNS(=O)(=O)c2ccc(NC(C)=O)cc2)CC1. The summed E-state index contributed by atoms with van der Waals surface area (Å²) in [4.78, 5) is 13.2. The van der Waals surface area contributed by atoms with Gasteiger partial charge in [0.1, 0.15) is 0 Å². The Kier molecular flexibility index (Phi) is 7.34. The number of hydrogen-bond donors (Lipinski definition) is 2. The van der Waals surface area contributed by atoms with E-state index in [9.17, 15) is 21.6 Å². The predicted octanol–water partition coefficient (Wildman–Crippen LogP) is -0.109. The average Bonchev–Trinajstić information content (AvgIpc) is 2.61. The second-order valence-corrected chi connectivity index (χ2v) is 10.1. The molecule has 0 aromatic heterocycles. The van der Waals surface area contributed by atoms with Gasteiger partial charge in [-0.3, -0.25) is 4.79 Å². The van der Waals surface area contributed by atoms with Gasteiger partial charge in [-0.25, -0.2) is 21.6 Å². The van der Waals surface area contributed by atoms with Crippen LogP contribution in [0.2, 0.25) is 0 Å². The molecule has 2 rings (SSSR count). The number of sulfonamides is 2. The zero-order valence-corrected chi connectivity index (χ0v) is 17.1. The molecule has 1 heterocycles. The molecule has 0 radical (unpaired) electrons. The largest absolute Gasteiger partial charge is 0.326 e. The first kappa shape index (κ1) is 21.8. The van der Waals surface area contributed by atoms with Crippen LogP contribution in [0.4, 0.5) is 5.69 Å². The molecule has 27 heavy (non-hydrogen) atoms. The van der Waals surface area contributed by atoms with Gasteiger partial charge >= 0.3 is 0 Å². The summed E-state index contributed by atoms with van der Waals surface area (Å²) in [6.45, 7) is 6.28. The Morgan fingerprint density at radius 2 is 1.63 bits per heavy atom. The number of amides is 1. The summed E-state index contributed by atoms with van der Waals surface area (Å²) < 4.78 is 53.1. The van der Waals surface area contributed by atoms with Gasteiger partial charge in [0.2, 0.25) is 26.0 Å². The third-order valence-corrected chi connectivity index (χ3v) is 7.66. The van der Waals surface area contributed by atoms with Crippen molar-refractivity contribution < 1.29 is 21.6 Å². The van der Waals surface area contributed by atoms with Crippen molar-refractivity contribution in [3.05, 3.63) is 24.3 Å². The van der Waals surface area contributed by atoms with Crippen LogP contribution >= 0.6 is 0 Å². The minimum Gasteiger partial charge on any atom is -0.326 e. The normalized spacial score (nSPS) is 17.0. The second-order valence-electron chi connectivity index (χ2n) is 6.25. The summed E-state index contributed by atoms with van der Waals surface area (Å²) in [5, 5.41) is 2.55. The molecule has 152 valence electrons. The number of nitrogens with zero attached hydrogens (tertiary/aromatic N) is 2. The number of nitrogens with one attached hydrogen (secondary N) is 2. The molecule has 0 bridgehead atoms. The van der Waals surface area contributed by atoms with Gasteiger partial charge in [-0.15, -0.1) is 0 Å². The standard InChI is InChI=1S/C16H26N4O5S2/c1-3-19-9-11-20(12-10-19)26(22,23)13-8-17-27(24,25)16-6-4-15(5-7-16)18-14(2)21/h4-7,17H,3,8-13H2,1-2H3,(H,18,21). The summed E-state index contributed by atoms with van der Waals surface area (Å²) in [6.07, 6.45) is 0. The Morgan fingerprint density at radius 1 is 1.04 bits per heavy atom. The quantitative estimate of drug-likeness (QED) is 0.609. The van der Waals surface area contributed by atoms with Crippen molar-refractivity contribution in [2.75, 3.05) is 50.3 Å². The lowest BCUT2D eigenvalue weighted by atomic mass is 10.3. The summed E-state index contributed by atoms with van der Waals surface area (Å²) in [6, 6.07) is 5.65. The van der Waals surface area contributed by atoms with Crippen LogP contribution in [0.25, 0.3) is 0 Å². The fourth-order valence-corrected chi connectivity index (χ4v) is 5.26. The molecule has 0 unspecified atom stereocenters. The van der Waals surface area contributed by atoms with Crippen LogP contribution in [-0.2, 0) is 24.8 Å². The number of rotatable bonds is 8. The summed E-state index contributed by atoms with van der Waals surface area (Å²) in [5.41, 5.74) is 0.482. The number of anilines is 1. The first-order chi connectivity index (χ1) is 12.6. The van der Waals surface area contributed by atoms with Crippen molar-refractivity contribution in [3.8, 4) is 0 Å². The monoisotopic (exact) mass is 418 g/mol. The van der Waals surface area contributed by atoms with Gasteiger partial charge in [0.25, 0.3) is 0 Å². The lowest BCUT2D eigenvalue weighted by molar-refractivity contribution is -0.114. The smallest absolute Gasteiger partial charge is 0.240 e. The minimum absolute atomic E-state index is 0.00515. The van der Waals surface area contributed by atoms with Gasteiger partial charge in [-0.05, 0) is 30.8 Å². The van der Waals surface area contributed by atoms with Crippen molar-refractivity contribution in [1.29, 1.82) is 0 Å². The average molecular weight is 419 g/mol. The first-order valence-electron chi connectivity index (χ1n) is 8.71. The third kappa shape index (κ3) is 6.25. The molecule has 1 aromatic carbocycles. The molecule has 1 aliphatic heterocycles. The number of piperazine rings is 1. The van der Waals surface area contributed by atoms with E-state index < -0.39 is 20.0 Å². The van der Waals surface area contributed by atoms with E-state index in [0.29, 0.717) is 31.9 Å². The third-order valence-electron chi connectivity index (χ3n) is 4.31. The Hall–Kier alpha value is -1.53. The van der Waals surface area contributed by atoms with Crippen LogP contribution in [0.5, 0.6) is 0 Å². The van der Waals surface area contributed by atoms with Gasteiger partial charge < -0.3 is 10.2 Å². The fourth-order valence-electron chi connectivity index (χ4n) is 2.76. The van der Waals surface area contributed by atoms with Gasteiger partial charge in [0.05, 0.1) is 10.6 Å². The molecule has 2 N–H and O–H groups in total. The van der Waals surface area contributed by atoms with Crippen LogP contribution in [0.1, 0.15) is 13.8 Å². The summed E-state index contributed by atoms with van der Waals surface area (Å²) in [7, 11) is -7.33. The molecule has 11 heteroatoms. The van der Waals surface area contributed by atoms with Crippen LogP contribution < -0.4 is 10.0 Å². The molecule has 1 aliphatic rings. The number of carbonyl (C=O) groups is 1. The molecule has 0 atom stereocenters. The summed E-state index contributed by atoms with van der Waals surface area (Å²) >= 11 is 0. The zero-order valence-electron chi connectivity index (χ0n) is 15.5. The highest BCUT2D eigenvalue weighted by Crippen LogP contribution is 2.14. The number of hydrogen-bond acceptors (Lipinski definition) is 6. The number of carbonyl (C=O) groups excluding carboxylic acids is 1. The maximum Gasteiger partial charge on any atom is 0.240 e. The summed E-state index contributed by atoms with van der Waals surface area (Å²) in [5.74, 6) is -0.545. The molecule has 1 amide bonds. The van der Waals surface area contributed by atoms with E-state index in [0.717, 1.165) is 6.54 Å². The molecule has 1 fully saturated rings. The maximum absolute atomic E-state index is 12.4. The van der Waals surface area contributed by atoms with E-state index >= 15 is 0 Å². The predicted molar refractivity (Wildman–Crippen MR) is 103 cm³/mol. The molecule has 9 nitrogen and oxygen atoms in total. The highest BCUT2D eigenvalue weighted by atomic mass is 32.2. The van der Waals surface area contributed by atoms with Crippen molar-refractivity contribution in [3.63, 3.8) is 0 Å². The van der Waals surface area contributed by atoms with Crippen molar-refractivity contribution in [2.24, 2.45) is 0 Å². The lowest BCUT2D eigenvalue weighted by Gasteiger charge is -2.33. The fraction of sp³-hybridized carbons (Fsp3) is 0.562. The van der Waals surface area contributed by atoms with E-state index in [1.165, 1.54) is 35.5 Å². The van der Waals surface area contributed by atoms with Crippen LogP contribution in [-0.4, -0.2) is 77.0 Å². The number of benzene rings is 1. The molecular formula is C16H26N4O5S2. The van der Waals surface area contributed by atoms with Crippen molar-refractivity contribution in [1.82, 2.24) is 13.9 Å². The minimum atomic E-state index is -3.83. The van der Waals surface area contributed by atoms with E-state index in [-0.39, 0.29) is 23.1 Å². The Balaban J connectivity index is 1.90. The van der Waals surface area contributed by atoms with Crippen LogP contribution in [0.3, 0.4) is 0 Å². The van der Waals surface area contributed by atoms with Gasteiger partial charge in [-0.2, -0.15) is 4.31 Å². The maximum atomic E-state index is 12.4. The molecule has 1 saturated heterocycles. The lowest BCUT2D eigenvalue weighted by Crippen LogP contribution is -2.49. The van der Waals surface area contributed by atoms with Gasteiger partial charge in [-0.1, -0.05) is 6.92 Å². The molecular weight excluding hydrogens is 392 g/mol. The second kappa shape index (κ2) is 9.11. The molecule has 1 aromatic rings. The molecule has 0 aliphatic carbocycles. The van der Waals surface area contributed by atoms with Gasteiger partial charge in [0, 0.05) is 45.3 Å². The highest BCUT2D eigenvalue weighted by Gasteiger charge is 2.26. The Bertz CT molecular complexity index is 845. The molecule has 0 spiro atoms. The topological polar surface area (TPSA) is 116 Å². The van der Waals surface area contributed by atoms with Crippen LogP contribution in [0, 0.1) is 0 Å². The Morgan fingerprint density at radius 3 is 2.15 bits per heavy atom. The van der Waals surface area contributed by atoms with Crippen molar-refractivity contribution >= 4 is 31.6 Å². The van der Waals surface area contributed by atoms with E-state index in [4.69, 9.17) is 0 Å².